The van der Waals surface area contributed by atoms with Crippen molar-refractivity contribution in [3.63, 3.8) is 0 Å². The number of rotatable bonds is 4. The Bertz CT molecular complexity index is 559. The van der Waals surface area contributed by atoms with Crippen LogP contribution in [0.3, 0.4) is 0 Å². The Labute approximate surface area is 107 Å². The van der Waals surface area contributed by atoms with Crippen LogP contribution in [-0.4, -0.2) is 29.4 Å². The van der Waals surface area contributed by atoms with Crippen molar-refractivity contribution in [2.24, 2.45) is 0 Å². The molecule has 2 rings (SSSR count). The third-order valence-corrected chi connectivity index (χ3v) is 3.11. The SMILES string of the molecule is CCCCN(C)C(=O)c1cc2cccc(N)c2[nH]1. The van der Waals surface area contributed by atoms with Gasteiger partial charge in [-0.05, 0) is 18.6 Å². The number of nitrogens with one attached hydrogen (secondary N) is 1. The highest BCUT2D eigenvalue weighted by Crippen LogP contribution is 2.21. The summed E-state index contributed by atoms with van der Waals surface area (Å²) in [4.78, 5) is 17.0. The molecule has 4 nitrogen and oxygen atoms in total. The van der Waals surface area contributed by atoms with Crippen molar-refractivity contribution < 1.29 is 4.79 Å². The molecular weight excluding hydrogens is 226 g/mol. The van der Waals surface area contributed by atoms with Gasteiger partial charge in [-0.2, -0.15) is 0 Å². The number of nitrogens with zero attached hydrogens (tertiary/aromatic N) is 1. The fourth-order valence-electron chi connectivity index (χ4n) is 2.00. The fourth-order valence-corrected chi connectivity index (χ4v) is 2.00. The van der Waals surface area contributed by atoms with E-state index in [4.69, 9.17) is 5.73 Å². The van der Waals surface area contributed by atoms with E-state index in [1.807, 2.05) is 31.3 Å². The van der Waals surface area contributed by atoms with Crippen molar-refractivity contribution >= 4 is 22.5 Å². The minimum atomic E-state index is 0.0130. The molecule has 0 aliphatic carbocycles. The normalized spacial score (nSPS) is 10.8. The van der Waals surface area contributed by atoms with Gasteiger partial charge in [0.05, 0.1) is 11.2 Å². The number of carbonyl (C=O) groups is 1. The first-order chi connectivity index (χ1) is 8.63. The number of benzene rings is 1. The van der Waals surface area contributed by atoms with Crippen LogP contribution in [-0.2, 0) is 0 Å². The van der Waals surface area contributed by atoms with Gasteiger partial charge in [0.2, 0.25) is 0 Å². The maximum Gasteiger partial charge on any atom is 0.270 e. The van der Waals surface area contributed by atoms with E-state index in [2.05, 4.69) is 11.9 Å². The molecule has 96 valence electrons. The summed E-state index contributed by atoms with van der Waals surface area (Å²) >= 11 is 0. The van der Waals surface area contributed by atoms with Gasteiger partial charge in [0.1, 0.15) is 5.69 Å². The van der Waals surface area contributed by atoms with Gasteiger partial charge in [0.15, 0.2) is 0 Å². The lowest BCUT2D eigenvalue weighted by Crippen LogP contribution is -2.27. The van der Waals surface area contributed by atoms with Crippen LogP contribution in [0.1, 0.15) is 30.3 Å². The zero-order valence-corrected chi connectivity index (χ0v) is 10.9. The molecule has 1 aromatic heterocycles. The van der Waals surface area contributed by atoms with Gasteiger partial charge in [0.25, 0.3) is 5.91 Å². The van der Waals surface area contributed by atoms with Crippen LogP contribution in [0.5, 0.6) is 0 Å². The van der Waals surface area contributed by atoms with E-state index in [0.717, 1.165) is 30.3 Å². The van der Waals surface area contributed by atoms with E-state index in [1.165, 1.54) is 0 Å². The lowest BCUT2D eigenvalue weighted by Gasteiger charge is -2.15. The van der Waals surface area contributed by atoms with Crippen molar-refractivity contribution in [1.29, 1.82) is 0 Å². The maximum atomic E-state index is 12.2. The Kier molecular flexibility index (Phi) is 3.55. The first-order valence-corrected chi connectivity index (χ1v) is 6.26. The average molecular weight is 245 g/mol. The topological polar surface area (TPSA) is 62.1 Å². The average Bonchev–Trinajstić information content (AvgIpc) is 2.80. The number of para-hydroxylation sites is 1. The fraction of sp³-hybridized carbons (Fsp3) is 0.357. The monoisotopic (exact) mass is 245 g/mol. The highest BCUT2D eigenvalue weighted by molar-refractivity contribution is 6.00. The molecule has 1 heterocycles. The quantitative estimate of drug-likeness (QED) is 0.813. The summed E-state index contributed by atoms with van der Waals surface area (Å²) in [5.74, 6) is 0.0130. The molecule has 2 aromatic rings. The number of H-pyrrole nitrogens is 1. The van der Waals surface area contributed by atoms with Crippen molar-refractivity contribution in [2.45, 2.75) is 19.8 Å². The van der Waals surface area contributed by atoms with Crippen molar-refractivity contribution in [3.05, 3.63) is 30.0 Å². The standard InChI is InChI=1S/C14H19N3O/c1-3-4-8-17(2)14(18)12-9-10-6-5-7-11(15)13(10)16-12/h5-7,9,16H,3-4,8,15H2,1-2H3. The largest absolute Gasteiger partial charge is 0.397 e. The van der Waals surface area contributed by atoms with Gasteiger partial charge in [-0.3, -0.25) is 4.79 Å². The van der Waals surface area contributed by atoms with Crippen molar-refractivity contribution in [1.82, 2.24) is 9.88 Å². The minimum absolute atomic E-state index is 0.0130. The van der Waals surface area contributed by atoms with E-state index in [1.54, 1.807) is 4.90 Å². The molecule has 18 heavy (non-hydrogen) atoms. The van der Waals surface area contributed by atoms with Crippen LogP contribution >= 0.6 is 0 Å². The van der Waals surface area contributed by atoms with Gasteiger partial charge >= 0.3 is 0 Å². The van der Waals surface area contributed by atoms with Crippen molar-refractivity contribution in [2.75, 3.05) is 19.3 Å². The number of nitrogens with two attached hydrogens (primary N) is 1. The van der Waals surface area contributed by atoms with Gasteiger partial charge < -0.3 is 15.6 Å². The zero-order valence-electron chi connectivity index (χ0n) is 10.9. The van der Waals surface area contributed by atoms with Crippen LogP contribution < -0.4 is 5.73 Å². The summed E-state index contributed by atoms with van der Waals surface area (Å²) in [5, 5.41) is 0.974. The third kappa shape index (κ3) is 2.32. The molecule has 0 radical (unpaired) electrons. The number of aromatic amines is 1. The predicted molar refractivity (Wildman–Crippen MR) is 74.6 cm³/mol. The smallest absolute Gasteiger partial charge is 0.270 e. The number of carbonyl (C=O) groups excluding carboxylic acids is 1. The number of anilines is 1. The molecule has 0 atom stereocenters. The second kappa shape index (κ2) is 5.12. The number of fused-ring (bicyclic) bond motifs is 1. The van der Waals surface area contributed by atoms with Crippen LogP contribution in [0.15, 0.2) is 24.3 Å². The van der Waals surface area contributed by atoms with E-state index in [-0.39, 0.29) is 5.91 Å². The summed E-state index contributed by atoms with van der Waals surface area (Å²) in [5.41, 5.74) is 7.98. The second-order valence-corrected chi connectivity index (χ2v) is 4.57. The summed E-state index contributed by atoms with van der Waals surface area (Å²) < 4.78 is 0. The molecule has 3 N–H and O–H groups in total. The van der Waals surface area contributed by atoms with Gasteiger partial charge in [-0.1, -0.05) is 25.5 Å². The third-order valence-electron chi connectivity index (χ3n) is 3.11. The molecule has 0 aliphatic rings. The minimum Gasteiger partial charge on any atom is -0.397 e. The Morgan fingerprint density at radius 2 is 2.22 bits per heavy atom. The molecule has 1 amide bonds. The number of hydrogen-bond acceptors (Lipinski definition) is 2. The number of hydrogen-bond donors (Lipinski definition) is 2. The Hall–Kier alpha value is -1.97. The van der Waals surface area contributed by atoms with Crippen LogP contribution in [0.25, 0.3) is 10.9 Å². The number of aromatic nitrogens is 1. The van der Waals surface area contributed by atoms with Gasteiger partial charge in [0, 0.05) is 19.0 Å². The summed E-state index contributed by atoms with van der Waals surface area (Å²) in [7, 11) is 1.83. The molecule has 0 unspecified atom stereocenters. The van der Waals surface area contributed by atoms with Crippen molar-refractivity contribution in [3.8, 4) is 0 Å². The van der Waals surface area contributed by atoms with E-state index >= 15 is 0 Å². The lowest BCUT2D eigenvalue weighted by atomic mass is 10.2. The van der Waals surface area contributed by atoms with Gasteiger partial charge in [-0.25, -0.2) is 0 Å². The molecule has 0 aliphatic heterocycles. The molecule has 0 spiro atoms. The Morgan fingerprint density at radius 1 is 1.44 bits per heavy atom. The highest BCUT2D eigenvalue weighted by atomic mass is 16.2. The number of unbranched alkanes of at least 4 members (excludes halogenated alkanes) is 1. The summed E-state index contributed by atoms with van der Waals surface area (Å²) in [6, 6.07) is 7.52. The maximum absolute atomic E-state index is 12.2. The van der Waals surface area contributed by atoms with E-state index in [0.29, 0.717) is 11.4 Å². The first kappa shape index (κ1) is 12.5. The van der Waals surface area contributed by atoms with Gasteiger partial charge in [-0.15, -0.1) is 0 Å². The van der Waals surface area contributed by atoms with Crippen LogP contribution in [0, 0.1) is 0 Å². The number of amides is 1. The van der Waals surface area contributed by atoms with E-state index in [9.17, 15) is 4.79 Å². The lowest BCUT2D eigenvalue weighted by molar-refractivity contribution is 0.0788. The Balaban J connectivity index is 2.25. The molecule has 1 aromatic carbocycles. The second-order valence-electron chi connectivity index (χ2n) is 4.57. The molecule has 0 fully saturated rings. The molecular formula is C14H19N3O. The molecule has 0 saturated carbocycles. The zero-order chi connectivity index (χ0) is 13.1. The molecule has 0 saturated heterocycles. The molecule has 4 heteroatoms. The highest BCUT2D eigenvalue weighted by Gasteiger charge is 2.14. The van der Waals surface area contributed by atoms with Crippen LogP contribution in [0.2, 0.25) is 0 Å². The number of nitrogen functional groups attached to an aromatic ring is 1. The predicted octanol–water partition coefficient (Wildman–Crippen LogP) is 2.62. The summed E-state index contributed by atoms with van der Waals surface area (Å²) in [6.45, 7) is 2.89. The first-order valence-electron chi connectivity index (χ1n) is 6.26. The van der Waals surface area contributed by atoms with E-state index < -0.39 is 0 Å². The summed E-state index contributed by atoms with van der Waals surface area (Å²) in [6.07, 6.45) is 2.10. The molecule has 0 bridgehead atoms. The Morgan fingerprint density at radius 3 is 2.89 bits per heavy atom. The van der Waals surface area contributed by atoms with Crippen LogP contribution in [0.4, 0.5) is 5.69 Å².